The van der Waals surface area contributed by atoms with Gasteiger partial charge in [0.2, 0.25) is 0 Å². The van der Waals surface area contributed by atoms with Crippen molar-refractivity contribution in [2.24, 2.45) is 0 Å². The van der Waals surface area contributed by atoms with Crippen LogP contribution in [0.2, 0.25) is 0 Å². The van der Waals surface area contributed by atoms with Crippen molar-refractivity contribution in [1.29, 1.82) is 0 Å². The first-order valence-corrected chi connectivity index (χ1v) is 3.12. The molecule has 2 nitrogen and oxygen atoms in total. The van der Waals surface area contributed by atoms with Gasteiger partial charge in [0.1, 0.15) is 0 Å². The first kappa shape index (κ1) is 9.43. The predicted octanol–water partition coefficient (Wildman–Crippen LogP) is 1.93. The molecule has 0 aromatic heterocycles. The van der Waals surface area contributed by atoms with Gasteiger partial charge in [0.05, 0.1) is 0 Å². The largest absolute Gasteiger partial charge is 0.478 e. The molecule has 0 saturated heterocycles. The second-order valence-corrected chi connectivity index (χ2v) is 1.70. The maximum absolute atomic E-state index is 9.93. The molecular weight excluding hydrogens is 140 g/mol. The first-order valence-electron chi connectivity index (χ1n) is 3.12. The maximum Gasteiger partial charge on any atom is 0.328 e. The van der Waals surface area contributed by atoms with E-state index in [1.807, 2.05) is 0 Å². The Kier molecular flexibility index (Phi) is 5.61. The minimum atomic E-state index is -0.942. The van der Waals surface area contributed by atoms with Crippen molar-refractivity contribution < 1.29 is 9.90 Å². The van der Waals surface area contributed by atoms with Gasteiger partial charge in [-0.2, -0.15) is 0 Å². The van der Waals surface area contributed by atoms with Crippen LogP contribution >= 0.6 is 0 Å². The summed E-state index contributed by atoms with van der Waals surface area (Å²) in [5.41, 5.74) is 0. The molecule has 1 N–H and O–H groups in total. The van der Waals surface area contributed by atoms with Gasteiger partial charge in [0, 0.05) is 6.08 Å². The third kappa shape index (κ3) is 8.43. The van der Waals surface area contributed by atoms with Gasteiger partial charge in [-0.3, -0.25) is 0 Å². The fraction of sp³-hybridized carbons (Fsp3) is 0. The van der Waals surface area contributed by atoms with Crippen molar-refractivity contribution in [2.75, 3.05) is 0 Å². The lowest BCUT2D eigenvalue weighted by Gasteiger charge is -1.74. The van der Waals surface area contributed by atoms with Crippen molar-refractivity contribution in [3.63, 3.8) is 0 Å². The Morgan fingerprint density at radius 2 is 1.64 bits per heavy atom. The Morgan fingerprint density at radius 3 is 2.18 bits per heavy atom. The molecule has 0 aromatic rings. The van der Waals surface area contributed by atoms with E-state index in [9.17, 15) is 4.79 Å². The van der Waals surface area contributed by atoms with Crippen LogP contribution < -0.4 is 0 Å². The van der Waals surface area contributed by atoms with Gasteiger partial charge in [0.15, 0.2) is 0 Å². The van der Waals surface area contributed by atoms with Crippen LogP contribution in [-0.2, 0) is 4.79 Å². The van der Waals surface area contributed by atoms with Gasteiger partial charge in [-0.05, 0) is 0 Å². The lowest BCUT2D eigenvalue weighted by Crippen LogP contribution is -1.84. The molecule has 0 rings (SSSR count). The van der Waals surface area contributed by atoms with E-state index in [0.717, 1.165) is 6.08 Å². The highest BCUT2D eigenvalue weighted by atomic mass is 16.4. The van der Waals surface area contributed by atoms with E-state index >= 15 is 0 Å². The third-order valence-corrected chi connectivity index (χ3v) is 0.819. The summed E-state index contributed by atoms with van der Waals surface area (Å²) in [7, 11) is 0. The van der Waals surface area contributed by atoms with E-state index in [0.29, 0.717) is 0 Å². The molecule has 58 valence electrons. The number of rotatable bonds is 4. The highest BCUT2D eigenvalue weighted by Gasteiger charge is 1.78. The number of hydrogen-bond donors (Lipinski definition) is 1. The SMILES string of the molecule is C=CC=CC=C/C=C/C(=O)O. The summed E-state index contributed by atoms with van der Waals surface area (Å²) in [4.78, 5) is 9.93. The minimum absolute atomic E-state index is 0.942. The van der Waals surface area contributed by atoms with Crippen LogP contribution in [-0.4, -0.2) is 11.1 Å². The van der Waals surface area contributed by atoms with Gasteiger partial charge in [0.25, 0.3) is 0 Å². The van der Waals surface area contributed by atoms with Gasteiger partial charge >= 0.3 is 5.97 Å². The summed E-state index contributed by atoms with van der Waals surface area (Å²) in [6, 6.07) is 0. The Morgan fingerprint density at radius 1 is 1.09 bits per heavy atom. The summed E-state index contributed by atoms with van der Waals surface area (Å²) < 4.78 is 0. The summed E-state index contributed by atoms with van der Waals surface area (Å²) in [5.74, 6) is -0.942. The van der Waals surface area contributed by atoms with E-state index < -0.39 is 5.97 Å². The molecule has 0 fully saturated rings. The number of carboxylic acids is 1. The molecule has 0 aliphatic heterocycles. The lowest BCUT2D eigenvalue weighted by molar-refractivity contribution is -0.131. The molecule has 0 aromatic carbocycles. The van der Waals surface area contributed by atoms with Crippen LogP contribution in [0.25, 0.3) is 0 Å². The quantitative estimate of drug-likeness (QED) is 0.491. The topological polar surface area (TPSA) is 37.3 Å². The highest BCUT2D eigenvalue weighted by molar-refractivity contribution is 5.80. The van der Waals surface area contributed by atoms with E-state index in [-0.39, 0.29) is 0 Å². The Bertz CT molecular complexity index is 210. The molecular formula is C9H10O2. The summed E-state index contributed by atoms with van der Waals surface area (Å²) in [6.45, 7) is 3.47. The smallest absolute Gasteiger partial charge is 0.328 e. The number of carbonyl (C=O) groups is 1. The second-order valence-electron chi connectivity index (χ2n) is 1.70. The van der Waals surface area contributed by atoms with Gasteiger partial charge in [-0.1, -0.05) is 43.0 Å². The van der Waals surface area contributed by atoms with E-state index in [1.54, 1.807) is 30.4 Å². The van der Waals surface area contributed by atoms with E-state index in [1.165, 1.54) is 6.08 Å². The maximum atomic E-state index is 9.93. The fourth-order valence-electron chi connectivity index (χ4n) is 0.409. The summed E-state index contributed by atoms with van der Waals surface area (Å²) in [5, 5.41) is 8.16. The fourth-order valence-corrected chi connectivity index (χ4v) is 0.409. The van der Waals surface area contributed by atoms with E-state index in [2.05, 4.69) is 6.58 Å². The average Bonchev–Trinajstić information content (AvgIpc) is 1.96. The first-order chi connectivity index (χ1) is 5.27. The molecule has 0 aliphatic carbocycles. The van der Waals surface area contributed by atoms with E-state index in [4.69, 9.17) is 5.11 Å². The van der Waals surface area contributed by atoms with Crippen LogP contribution in [0.15, 0.2) is 49.1 Å². The molecule has 0 saturated carbocycles. The molecule has 2 heteroatoms. The zero-order chi connectivity index (χ0) is 8.53. The molecule has 0 radical (unpaired) electrons. The van der Waals surface area contributed by atoms with Gasteiger partial charge in [-0.25, -0.2) is 4.79 Å². The number of hydrogen-bond acceptors (Lipinski definition) is 1. The Labute approximate surface area is 65.9 Å². The average molecular weight is 150 g/mol. The van der Waals surface area contributed by atoms with Crippen LogP contribution in [0.4, 0.5) is 0 Å². The molecule has 0 spiro atoms. The number of carboxylic acid groups (broad SMARTS) is 1. The second kappa shape index (κ2) is 6.55. The third-order valence-electron chi connectivity index (χ3n) is 0.819. The molecule has 0 aliphatic rings. The summed E-state index contributed by atoms with van der Waals surface area (Å²) >= 11 is 0. The Balaban J connectivity index is 3.68. The zero-order valence-corrected chi connectivity index (χ0v) is 6.10. The molecule has 0 bridgehead atoms. The van der Waals surface area contributed by atoms with Gasteiger partial charge < -0.3 is 5.11 Å². The van der Waals surface area contributed by atoms with Gasteiger partial charge in [-0.15, -0.1) is 0 Å². The minimum Gasteiger partial charge on any atom is -0.478 e. The van der Waals surface area contributed by atoms with Crippen molar-refractivity contribution in [1.82, 2.24) is 0 Å². The molecule has 0 atom stereocenters. The van der Waals surface area contributed by atoms with Crippen LogP contribution in [0.1, 0.15) is 0 Å². The predicted molar refractivity (Wildman–Crippen MR) is 45.3 cm³/mol. The molecule has 11 heavy (non-hydrogen) atoms. The number of aliphatic carboxylic acids is 1. The van der Waals surface area contributed by atoms with Crippen LogP contribution in [0.3, 0.4) is 0 Å². The van der Waals surface area contributed by atoms with Crippen LogP contribution in [0, 0.1) is 0 Å². The van der Waals surface area contributed by atoms with Crippen LogP contribution in [0.5, 0.6) is 0 Å². The normalized spacial score (nSPS) is 11.6. The standard InChI is InChI=1S/C9H10O2/c1-2-3-4-5-6-7-8-9(10)11/h2-8H,1H2,(H,10,11)/b4-3?,6-5?,8-7+. The zero-order valence-electron chi connectivity index (χ0n) is 6.10. The molecule has 0 amide bonds. The molecule has 0 unspecified atom stereocenters. The lowest BCUT2D eigenvalue weighted by atomic mass is 10.4. The Hall–Kier alpha value is -1.57. The molecule has 0 heterocycles. The summed E-state index contributed by atoms with van der Waals surface area (Å²) in [6.07, 6.45) is 11.0. The highest BCUT2D eigenvalue weighted by Crippen LogP contribution is 1.80. The van der Waals surface area contributed by atoms with Crippen molar-refractivity contribution in [2.45, 2.75) is 0 Å². The number of allylic oxidation sites excluding steroid dienone is 6. The monoisotopic (exact) mass is 150 g/mol. The van der Waals surface area contributed by atoms with Crippen molar-refractivity contribution in [3.8, 4) is 0 Å². The van der Waals surface area contributed by atoms with Crippen molar-refractivity contribution in [3.05, 3.63) is 49.1 Å². The van der Waals surface area contributed by atoms with Crippen molar-refractivity contribution >= 4 is 5.97 Å².